The molecule has 0 bridgehead atoms. The number of ether oxygens (including phenoxy) is 2. The average molecular weight is 430 g/mol. The van der Waals surface area contributed by atoms with Gasteiger partial charge >= 0.3 is 0 Å². The van der Waals surface area contributed by atoms with Gasteiger partial charge in [-0.25, -0.2) is 0 Å². The molecule has 0 aliphatic carbocycles. The molecule has 1 aliphatic rings. The van der Waals surface area contributed by atoms with Crippen molar-refractivity contribution in [3.8, 4) is 5.75 Å². The standard InChI is InChI=1S/C23H27NO5S/c1-14(2)29-12-5-11-24-19(22-15(3)10-13-30-22)18(21(26)23(24)27)20(25)16-6-8-17(28-4)9-7-16/h6-10,13-14,19,25H,5,11-12H2,1-4H3/b20-18-. The van der Waals surface area contributed by atoms with Crippen molar-refractivity contribution in [2.24, 2.45) is 0 Å². The summed E-state index contributed by atoms with van der Waals surface area (Å²) in [6, 6.07) is 8.12. The number of Topliss-reactive ketones (excluding diaryl/α,β-unsaturated/α-hetero) is 1. The number of aliphatic hydroxyl groups excluding tert-OH is 1. The summed E-state index contributed by atoms with van der Waals surface area (Å²) in [6.07, 6.45) is 0.708. The molecule has 1 aromatic heterocycles. The third kappa shape index (κ3) is 4.42. The second-order valence-corrected chi connectivity index (χ2v) is 8.41. The zero-order valence-corrected chi connectivity index (χ0v) is 18.5. The summed E-state index contributed by atoms with van der Waals surface area (Å²) in [5.41, 5.74) is 1.58. The number of amides is 1. The highest BCUT2D eigenvalue weighted by molar-refractivity contribution is 7.10. The highest BCUT2D eigenvalue weighted by atomic mass is 32.1. The monoisotopic (exact) mass is 429 g/mol. The Labute approximate surface area is 180 Å². The number of rotatable bonds is 8. The molecular weight excluding hydrogens is 402 g/mol. The molecule has 1 N–H and O–H groups in total. The van der Waals surface area contributed by atoms with Gasteiger partial charge in [0, 0.05) is 23.6 Å². The molecule has 0 spiro atoms. The lowest BCUT2D eigenvalue weighted by molar-refractivity contribution is -0.140. The van der Waals surface area contributed by atoms with Gasteiger partial charge in [-0.2, -0.15) is 0 Å². The number of carbonyl (C=O) groups is 2. The van der Waals surface area contributed by atoms with E-state index in [0.717, 1.165) is 10.4 Å². The van der Waals surface area contributed by atoms with Gasteiger partial charge in [-0.1, -0.05) is 0 Å². The van der Waals surface area contributed by atoms with Crippen LogP contribution < -0.4 is 4.74 Å². The maximum Gasteiger partial charge on any atom is 0.295 e. The van der Waals surface area contributed by atoms with Crippen LogP contribution in [0.2, 0.25) is 0 Å². The minimum atomic E-state index is -0.661. The van der Waals surface area contributed by atoms with Crippen LogP contribution in [0.4, 0.5) is 0 Å². The Morgan fingerprint density at radius 2 is 1.90 bits per heavy atom. The van der Waals surface area contributed by atoms with Gasteiger partial charge in [0.15, 0.2) is 0 Å². The number of hydrogen-bond donors (Lipinski definition) is 1. The fraction of sp³-hybridized carbons (Fsp3) is 0.391. The first-order chi connectivity index (χ1) is 14.3. The molecule has 7 heteroatoms. The summed E-state index contributed by atoms with van der Waals surface area (Å²) in [5, 5.41) is 12.9. The summed E-state index contributed by atoms with van der Waals surface area (Å²) in [4.78, 5) is 28.3. The van der Waals surface area contributed by atoms with Crippen molar-refractivity contribution >= 4 is 28.8 Å². The van der Waals surface area contributed by atoms with Crippen molar-refractivity contribution in [1.82, 2.24) is 4.90 Å². The molecule has 0 saturated carbocycles. The lowest BCUT2D eigenvalue weighted by Crippen LogP contribution is -2.31. The van der Waals surface area contributed by atoms with E-state index >= 15 is 0 Å². The molecule has 0 radical (unpaired) electrons. The number of aliphatic hydroxyl groups is 1. The number of hydrogen-bond acceptors (Lipinski definition) is 6. The maximum atomic E-state index is 13.0. The summed E-state index contributed by atoms with van der Waals surface area (Å²) < 4.78 is 10.7. The Kier molecular flexibility index (Phi) is 6.95. The summed E-state index contributed by atoms with van der Waals surface area (Å²) >= 11 is 1.48. The highest BCUT2D eigenvalue weighted by Gasteiger charge is 2.46. The number of ketones is 1. The van der Waals surface area contributed by atoms with E-state index < -0.39 is 17.7 Å². The number of nitrogens with zero attached hydrogens (tertiary/aromatic N) is 1. The Hall–Kier alpha value is -2.64. The van der Waals surface area contributed by atoms with Crippen LogP contribution in [-0.4, -0.2) is 48.1 Å². The topological polar surface area (TPSA) is 76.1 Å². The van der Waals surface area contributed by atoms with Gasteiger partial charge in [-0.05, 0) is 68.5 Å². The molecular formula is C23H27NO5S. The van der Waals surface area contributed by atoms with Crippen molar-refractivity contribution in [3.63, 3.8) is 0 Å². The summed E-state index contributed by atoms with van der Waals surface area (Å²) in [7, 11) is 1.56. The van der Waals surface area contributed by atoms with E-state index in [1.165, 1.54) is 11.3 Å². The first-order valence-corrected chi connectivity index (χ1v) is 10.8. The normalized spacial score (nSPS) is 18.4. The van der Waals surface area contributed by atoms with E-state index in [4.69, 9.17) is 9.47 Å². The van der Waals surface area contributed by atoms with Gasteiger partial charge in [-0.15, -0.1) is 11.3 Å². The lowest BCUT2D eigenvalue weighted by atomic mass is 9.98. The number of benzene rings is 1. The van der Waals surface area contributed by atoms with Crippen LogP contribution in [0.1, 0.15) is 42.3 Å². The Balaban J connectivity index is 2.00. The molecule has 1 fully saturated rings. The second-order valence-electron chi connectivity index (χ2n) is 7.46. The molecule has 1 atom stereocenters. The third-order valence-corrected chi connectivity index (χ3v) is 6.12. The maximum absolute atomic E-state index is 13.0. The van der Waals surface area contributed by atoms with Gasteiger partial charge in [0.05, 0.1) is 24.8 Å². The van der Waals surface area contributed by atoms with Gasteiger partial charge < -0.3 is 19.5 Å². The zero-order chi connectivity index (χ0) is 21.8. The fourth-order valence-electron chi connectivity index (χ4n) is 3.51. The molecule has 160 valence electrons. The van der Waals surface area contributed by atoms with Crippen LogP contribution in [0.3, 0.4) is 0 Å². The van der Waals surface area contributed by atoms with Crippen molar-refractivity contribution in [3.05, 3.63) is 57.3 Å². The largest absolute Gasteiger partial charge is 0.507 e. The van der Waals surface area contributed by atoms with Gasteiger partial charge in [0.1, 0.15) is 11.5 Å². The molecule has 1 aromatic carbocycles. The van der Waals surface area contributed by atoms with Gasteiger partial charge in [0.2, 0.25) is 0 Å². The minimum Gasteiger partial charge on any atom is -0.507 e. The van der Waals surface area contributed by atoms with Crippen LogP contribution in [0.25, 0.3) is 5.76 Å². The minimum absolute atomic E-state index is 0.103. The Morgan fingerprint density at radius 3 is 2.47 bits per heavy atom. The Bertz CT molecular complexity index is 945. The first kappa shape index (κ1) is 22.1. The molecule has 2 aromatic rings. The number of thiophene rings is 1. The first-order valence-electron chi connectivity index (χ1n) is 9.93. The molecule has 30 heavy (non-hydrogen) atoms. The number of methoxy groups -OCH3 is 1. The van der Waals surface area contributed by atoms with E-state index in [0.29, 0.717) is 30.9 Å². The SMILES string of the molecule is COc1ccc(/C(O)=C2/C(=O)C(=O)N(CCCOC(C)C)C2c2sccc2C)cc1. The predicted molar refractivity (Wildman–Crippen MR) is 117 cm³/mol. The highest BCUT2D eigenvalue weighted by Crippen LogP contribution is 2.42. The van der Waals surface area contributed by atoms with E-state index in [2.05, 4.69) is 0 Å². The molecule has 1 aliphatic heterocycles. The zero-order valence-electron chi connectivity index (χ0n) is 17.7. The lowest BCUT2D eigenvalue weighted by Gasteiger charge is -2.25. The molecule has 2 heterocycles. The molecule has 1 unspecified atom stereocenters. The molecule has 1 saturated heterocycles. The van der Waals surface area contributed by atoms with E-state index in [1.807, 2.05) is 32.2 Å². The van der Waals surface area contributed by atoms with Crippen LogP contribution in [0.15, 0.2) is 41.3 Å². The number of likely N-dealkylation sites (tertiary alicyclic amines) is 1. The summed E-state index contributed by atoms with van der Waals surface area (Å²) in [5.74, 6) is -0.782. The van der Waals surface area contributed by atoms with Crippen LogP contribution in [-0.2, 0) is 14.3 Å². The van der Waals surface area contributed by atoms with E-state index in [-0.39, 0.29) is 17.4 Å². The van der Waals surface area contributed by atoms with Crippen LogP contribution in [0.5, 0.6) is 5.75 Å². The van der Waals surface area contributed by atoms with E-state index in [9.17, 15) is 14.7 Å². The van der Waals surface area contributed by atoms with Crippen molar-refractivity contribution < 1.29 is 24.2 Å². The van der Waals surface area contributed by atoms with Crippen molar-refractivity contribution in [1.29, 1.82) is 0 Å². The Morgan fingerprint density at radius 1 is 1.20 bits per heavy atom. The van der Waals surface area contributed by atoms with Crippen molar-refractivity contribution in [2.45, 2.75) is 39.3 Å². The van der Waals surface area contributed by atoms with Crippen LogP contribution in [0, 0.1) is 6.92 Å². The van der Waals surface area contributed by atoms with E-state index in [1.54, 1.807) is 36.3 Å². The quantitative estimate of drug-likeness (QED) is 0.293. The third-order valence-electron chi connectivity index (χ3n) is 5.05. The predicted octanol–water partition coefficient (Wildman–Crippen LogP) is 4.30. The average Bonchev–Trinajstić information content (AvgIpc) is 3.26. The molecule has 1 amide bonds. The smallest absolute Gasteiger partial charge is 0.295 e. The number of carbonyl (C=O) groups excluding carboxylic acids is 2. The summed E-state index contributed by atoms with van der Waals surface area (Å²) in [6.45, 7) is 6.72. The van der Waals surface area contributed by atoms with Crippen LogP contribution >= 0.6 is 11.3 Å². The van der Waals surface area contributed by atoms with Crippen molar-refractivity contribution in [2.75, 3.05) is 20.3 Å². The fourth-order valence-corrected chi connectivity index (χ4v) is 4.55. The van der Waals surface area contributed by atoms with Gasteiger partial charge in [-0.3, -0.25) is 9.59 Å². The second kappa shape index (κ2) is 9.45. The van der Waals surface area contributed by atoms with Gasteiger partial charge in [0.25, 0.3) is 11.7 Å². The number of aryl methyl sites for hydroxylation is 1. The molecule has 3 rings (SSSR count). The molecule has 6 nitrogen and oxygen atoms in total.